The van der Waals surface area contributed by atoms with E-state index in [1.54, 1.807) is 11.3 Å². The van der Waals surface area contributed by atoms with Gasteiger partial charge in [-0.3, -0.25) is 10.1 Å². The molecule has 44 heavy (non-hydrogen) atoms. The van der Waals surface area contributed by atoms with Crippen molar-refractivity contribution < 1.29 is 23.9 Å². The minimum absolute atomic E-state index is 0.176. The molecule has 0 saturated carbocycles. The average molecular weight is 657 g/mol. The zero-order valence-corrected chi connectivity index (χ0v) is 26.0. The summed E-state index contributed by atoms with van der Waals surface area (Å²) in [4.78, 5) is 16.6. The Balaban J connectivity index is 1.25. The summed E-state index contributed by atoms with van der Waals surface area (Å²) in [7, 11) is 0. The number of hydrogen-bond donors (Lipinski definition) is 2. The molecule has 0 fully saturated rings. The van der Waals surface area contributed by atoms with Gasteiger partial charge in [0, 0.05) is 21.5 Å². The fourth-order valence-electron chi connectivity index (χ4n) is 4.65. The number of thiol groups is 1. The van der Waals surface area contributed by atoms with E-state index in [9.17, 15) is 10.1 Å². The second-order valence-electron chi connectivity index (χ2n) is 9.47. The number of nitrogen functional groups attached to an aromatic ring is 1. The van der Waals surface area contributed by atoms with Crippen LogP contribution in [0, 0.1) is 33.8 Å². The Hall–Kier alpha value is -4.59. The quantitative estimate of drug-likeness (QED) is 0.0689. The SMILES string of the molecule is Nc1cc(C#Cc2sc(-c3cccs3)c3c2OCCO3)c([N+](=O)[O-])cc1C#Cc1sc(-c2ccc(S)cc2)c2c1OCCO2. The van der Waals surface area contributed by atoms with Gasteiger partial charge in [0.25, 0.3) is 5.69 Å². The van der Waals surface area contributed by atoms with Gasteiger partial charge in [0.15, 0.2) is 23.0 Å². The molecule has 2 aromatic carbocycles. The van der Waals surface area contributed by atoms with Gasteiger partial charge in [-0.1, -0.05) is 30.0 Å². The van der Waals surface area contributed by atoms with Crippen molar-refractivity contribution in [3.05, 3.63) is 84.9 Å². The Morgan fingerprint density at radius 3 is 1.98 bits per heavy atom. The molecule has 0 saturated heterocycles. The highest BCUT2D eigenvalue weighted by Crippen LogP contribution is 2.51. The fraction of sp³-hybridized carbons (Fsp3) is 0.125. The number of nitrogens with zero attached hydrogens (tertiary/aromatic N) is 1. The van der Waals surface area contributed by atoms with Crippen molar-refractivity contribution in [1.29, 1.82) is 0 Å². The molecule has 0 amide bonds. The van der Waals surface area contributed by atoms with Crippen molar-refractivity contribution in [2.24, 2.45) is 0 Å². The molecule has 0 spiro atoms. The largest absolute Gasteiger partial charge is 0.485 e. The van der Waals surface area contributed by atoms with E-state index in [1.807, 2.05) is 41.8 Å². The van der Waals surface area contributed by atoms with Crippen LogP contribution in [0.2, 0.25) is 0 Å². The van der Waals surface area contributed by atoms with E-state index in [-0.39, 0.29) is 16.9 Å². The second kappa shape index (κ2) is 11.8. The fourth-order valence-corrected chi connectivity index (χ4v) is 7.74. The summed E-state index contributed by atoms with van der Waals surface area (Å²) in [5.41, 5.74) is 7.87. The summed E-state index contributed by atoms with van der Waals surface area (Å²) in [5.74, 6) is 14.5. The number of anilines is 1. The van der Waals surface area contributed by atoms with E-state index < -0.39 is 4.92 Å². The van der Waals surface area contributed by atoms with Crippen LogP contribution < -0.4 is 24.7 Å². The number of ether oxygens (including phenoxy) is 4. The van der Waals surface area contributed by atoms with Crippen molar-refractivity contribution >= 4 is 58.0 Å². The highest BCUT2D eigenvalue weighted by atomic mass is 32.1. The Bertz CT molecular complexity index is 2040. The van der Waals surface area contributed by atoms with Crippen LogP contribution in [0.3, 0.4) is 0 Å². The predicted molar refractivity (Wildman–Crippen MR) is 176 cm³/mol. The first-order valence-corrected chi connectivity index (χ1v) is 16.2. The molecule has 0 radical (unpaired) electrons. The van der Waals surface area contributed by atoms with Gasteiger partial charge in [-0.05, 0) is 47.0 Å². The summed E-state index contributed by atoms with van der Waals surface area (Å²) in [6.07, 6.45) is 0. The molecule has 5 heterocycles. The van der Waals surface area contributed by atoms with E-state index in [2.05, 4.69) is 36.3 Å². The maximum absolute atomic E-state index is 12.1. The maximum Gasteiger partial charge on any atom is 0.286 e. The molecule has 2 aliphatic heterocycles. The maximum atomic E-state index is 12.1. The third-order valence-electron chi connectivity index (χ3n) is 6.66. The first-order chi connectivity index (χ1) is 21.5. The molecule has 2 aliphatic rings. The van der Waals surface area contributed by atoms with Crippen molar-refractivity contribution in [2.45, 2.75) is 4.90 Å². The molecule has 5 aromatic rings. The molecular formula is C32H20N2O6S4. The predicted octanol–water partition coefficient (Wildman–Crippen LogP) is 7.33. The molecule has 2 N–H and O–H groups in total. The molecular weight excluding hydrogens is 637 g/mol. The summed E-state index contributed by atoms with van der Waals surface area (Å²) in [5, 5.41) is 14.1. The van der Waals surface area contributed by atoms with E-state index >= 15 is 0 Å². The first kappa shape index (κ1) is 28.2. The third-order valence-corrected chi connectivity index (χ3v) is 10.2. The Morgan fingerprint density at radius 2 is 1.36 bits per heavy atom. The van der Waals surface area contributed by atoms with Crippen LogP contribution in [0.25, 0.3) is 20.2 Å². The number of rotatable bonds is 3. The van der Waals surface area contributed by atoms with Gasteiger partial charge < -0.3 is 24.7 Å². The van der Waals surface area contributed by atoms with E-state index in [1.165, 1.54) is 34.8 Å². The summed E-state index contributed by atoms with van der Waals surface area (Å²) in [6, 6.07) is 14.5. The van der Waals surface area contributed by atoms with E-state index in [0.717, 1.165) is 25.1 Å². The van der Waals surface area contributed by atoms with E-state index in [4.69, 9.17) is 24.7 Å². The minimum Gasteiger partial charge on any atom is -0.485 e. The van der Waals surface area contributed by atoms with Gasteiger partial charge in [0.2, 0.25) is 0 Å². The normalized spacial score (nSPS) is 12.9. The minimum atomic E-state index is -0.484. The number of nitrogens with two attached hydrogens (primary N) is 1. The molecule has 7 rings (SSSR count). The van der Waals surface area contributed by atoms with Gasteiger partial charge in [-0.15, -0.1) is 46.6 Å². The summed E-state index contributed by atoms with van der Waals surface area (Å²) < 4.78 is 23.6. The molecule has 218 valence electrons. The number of thiophene rings is 3. The molecule has 12 heteroatoms. The lowest BCUT2D eigenvalue weighted by Crippen LogP contribution is -2.15. The highest BCUT2D eigenvalue weighted by molar-refractivity contribution is 7.80. The molecule has 0 aliphatic carbocycles. The average Bonchev–Trinajstić information content (AvgIpc) is 3.78. The summed E-state index contributed by atoms with van der Waals surface area (Å²) >= 11 is 8.82. The van der Waals surface area contributed by atoms with Crippen LogP contribution in [0.5, 0.6) is 23.0 Å². The molecule has 8 nitrogen and oxygen atoms in total. The van der Waals surface area contributed by atoms with Crippen molar-refractivity contribution in [3.63, 3.8) is 0 Å². The monoisotopic (exact) mass is 656 g/mol. The molecule has 0 bridgehead atoms. The number of nitro benzene ring substituents is 1. The molecule has 3 aromatic heterocycles. The lowest BCUT2D eigenvalue weighted by Gasteiger charge is -2.16. The Kier molecular flexibility index (Phi) is 7.58. The van der Waals surface area contributed by atoms with Crippen molar-refractivity contribution in [1.82, 2.24) is 0 Å². The Morgan fingerprint density at radius 1 is 0.773 bits per heavy atom. The lowest BCUT2D eigenvalue weighted by molar-refractivity contribution is -0.385. The van der Waals surface area contributed by atoms with Gasteiger partial charge in [0.1, 0.15) is 41.7 Å². The van der Waals surface area contributed by atoms with Gasteiger partial charge >= 0.3 is 0 Å². The van der Waals surface area contributed by atoms with Crippen molar-refractivity contribution in [2.75, 3.05) is 32.2 Å². The third kappa shape index (κ3) is 5.34. The first-order valence-electron chi connectivity index (χ1n) is 13.3. The van der Waals surface area contributed by atoms with Crippen LogP contribution in [0.15, 0.2) is 58.8 Å². The smallest absolute Gasteiger partial charge is 0.286 e. The number of nitro groups is 1. The highest BCUT2D eigenvalue weighted by Gasteiger charge is 2.26. The van der Waals surface area contributed by atoms with Crippen LogP contribution in [0.4, 0.5) is 11.4 Å². The van der Waals surface area contributed by atoms with Gasteiger partial charge in [0.05, 0.1) is 20.2 Å². The zero-order chi connectivity index (χ0) is 30.2. The van der Waals surface area contributed by atoms with Crippen LogP contribution in [-0.4, -0.2) is 31.4 Å². The van der Waals surface area contributed by atoms with Crippen molar-refractivity contribution in [3.8, 4) is 66.9 Å². The van der Waals surface area contributed by atoms with Crippen LogP contribution in [-0.2, 0) is 0 Å². The number of fused-ring (bicyclic) bond motifs is 2. The number of benzene rings is 2. The zero-order valence-electron chi connectivity index (χ0n) is 22.7. The van der Waals surface area contributed by atoms with Gasteiger partial charge in [-0.25, -0.2) is 0 Å². The standard InChI is InChI=1S/C32H20N2O6S4/c33-22-16-20(6-10-25-28-30(40-14-12-38-28)32(44-25)26-2-1-15-42-26)23(34(35)36)17-19(22)5-9-24-27-29(39-13-11-37-27)31(43-24)18-3-7-21(41)8-4-18/h1-4,7-8,15-17,41H,11-14,33H2. The van der Waals surface area contributed by atoms with Gasteiger partial charge in [-0.2, -0.15) is 0 Å². The summed E-state index contributed by atoms with van der Waals surface area (Å²) in [6.45, 7) is 1.67. The van der Waals surface area contributed by atoms with Crippen LogP contribution >= 0.6 is 46.6 Å². The molecule has 0 unspecified atom stereocenters. The second-order valence-corrected chi connectivity index (χ2v) is 13.0. The van der Waals surface area contributed by atoms with Crippen LogP contribution in [0.1, 0.15) is 20.9 Å². The molecule has 0 atom stereocenters. The lowest BCUT2D eigenvalue weighted by atomic mass is 10.1. The number of hydrogen-bond acceptors (Lipinski definition) is 11. The topological polar surface area (TPSA) is 106 Å². The Labute approximate surface area is 269 Å². The van der Waals surface area contributed by atoms with E-state index in [0.29, 0.717) is 64.7 Å².